The lowest BCUT2D eigenvalue weighted by Crippen LogP contribution is -2.24. The van der Waals surface area contributed by atoms with Crippen molar-refractivity contribution >= 4 is 29.1 Å². The summed E-state index contributed by atoms with van der Waals surface area (Å²) in [5, 5.41) is 6.33. The predicted molar refractivity (Wildman–Crippen MR) is 84.0 cm³/mol. The van der Waals surface area contributed by atoms with Crippen LogP contribution in [0.25, 0.3) is 0 Å². The number of carbonyl (C=O) groups excluding carboxylic acids is 1. The van der Waals surface area contributed by atoms with Crippen LogP contribution in [-0.2, 0) is 0 Å². The Labute approximate surface area is 128 Å². The van der Waals surface area contributed by atoms with Crippen LogP contribution in [0.5, 0.6) is 0 Å². The molecule has 0 spiro atoms. The molecule has 2 N–H and O–H groups in total. The van der Waals surface area contributed by atoms with Gasteiger partial charge < -0.3 is 10.6 Å². The molecule has 0 fully saturated rings. The Balaban J connectivity index is 2.15. The zero-order valence-electron chi connectivity index (χ0n) is 11.6. The molecule has 1 aromatic carbocycles. The minimum absolute atomic E-state index is 0.276. The van der Waals surface area contributed by atoms with Crippen molar-refractivity contribution in [2.75, 3.05) is 11.9 Å². The summed E-state index contributed by atoms with van der Waals surface area (Å²) in [4.78, 5) is 20.1. The molecule has 0 radical (unpaired) electrons. The number of nitrogens with one attached hydrogen (secondary N) is 2. The Morgan fingerprint density at radius 2 is 2.24 bits per heavy atom. The number of hydrogen-bond donors (Lipinski definition) is 2. The lowest BCUT2D eigenvalue weighted by atomic mass is 10.2. The van der Waals surface area contributed by atoms with Crippen molar-refractivity contribution in [3.8, 4) is 0 Å². The summed E-state index contributed by atoms with van der Waals surface area (Å²) in [5.74, 6) is 0.0588. The Kier molecular flexibility index (Phi) is 4.90. The Morgan fingerprint density at radius 1 is 1.43 bits per heavy atom. The third-order valence-electron chi connectivity index (χ3n) is 2.72. The van der Waals surface area contributed by atoms with Gasteiger partial charge in [-0.2, -0.15) is 0 Å². The fourth-order valence-electron chi connectivity index (χ4n) is 1.60. The number of aromatic nitrogens is 2. The monoisotopic (exact) mass is 302 g/mol. The molecule has 0 saturated heterocycles. The number of nitrogens with zero attached hydrogens (tertiary/aromatic N) is 2. The Hall–Kier alpha value is -2.40. The van der Waals surface area contributed by atoms with Crippen LogP contribution < -0.4 is 10.6 Å². The second kappa shape index (κ2) is 6.85. The normalized spacial score (nSPS) is 10.0. The van der Waals surface area contributed by atoms with E-state index in [4.69, 9.17) is 11.6 Å². The molecular formula is C15H15ClN4O. The first-order valence-corrected chi connectivity index (χ1v) is 6.73. The quantitative estimate of drug-likeness (QED) is 0.833. The number of anilines is 2. The van der Waals surface area contributed by atoms with Crippen molar-refractivity contribution in [1.82, 2.24) is 15.3 Å². The van der Waals surface area contributed by atoms with Crippen LogP contribution in [0.1, 0.15) is 16.1 Å². The summed E-state index contributed by atoms with van der Waals surface area (Å²) in [5.41, 5.74) is 2.03. The van der Waals surface area contributed by atoms with Crippen LogP contribution in [-0.4, -0.2) is 22.4 Å². The Bertz CT molecular complexity index is 672. The first kappa shape index (κ1) is 15.0. The molecule has 0 aliphatic heterocycles. The molecule has 1 amide bonds. The molecule has 2 aromatic rings. The van der Waals surface area contributed by atoms with Gasteiger partial charge in [0, 0.05) is 23.5 Å². The third-order valence-corrected chi connectivity index (χ3v) is 3.13. The summed E-state index contributed by atoms with van der Waals surface area (Å²) < 4.78 is 0. The van der Waals surface area contributed by atoms with E-state index >= 15 is 0 Å². The maximum absolute atomic E-state index is 11.8. The van der Waals surface area contributed by atoms with Gasteiger partial charge in [0.1, 0.15) is 5.69 Å². The minimum Gasteiger partial charge on any atom is -0.347 e. The van der Waals surface area contributed by atoms with Crippen molar-refractivity contribution < 1.29 is 4.79 Å². The molecule has 6 heteroatoms. The molecule has 0 bridgehead atoms. The van der Waals surface area contributed by atoms with Gasteiger partial charge in [-0.25, -0.2) is 9.97 Å². The van der Waals surface area contributed by atoms with Gasteiger partial charge in [0.05, 0.1) is 0 Å². The van der Waals surface area contributed by atoms with Gasteiger partial charge in [0.25, 0.3) is 5.91 Å². The number of hydrogen-bond acceptors (Lipinski definition) is 4. The molecule has 0 unspecified atom stereocenters. The first-order chi connectivity index (χ1) is 10.1. The van der Waals surface area contributed by atoms with Gasteiger partial charge in [-0.15, -0.1) is 6.58 Å². The molecule has 108 valence electrons. The number of aryl methyl sites for hydroxylation is 1. The number of carbonyl (C=O) groups is 1. The highest BCUT2D eigenvalue weighted by atomic mass is 35.5. The molecule has 0 aliphatic rings. The van der Waals surface area contributed by atoms with E-state index in [0.29, 0.717) is 17.5 Å². The third kappa shape index (κ3) is 4.03. The molecule has 1 heterocycles. The van der Waals surface area contributed by atoms with Crippen molar-refractivity contribution in [3.05, 3.63) is 59.4 Å². The zero-order valence-corrected chi connectivity index (χ0v) is 12.3. The molecule has 21 heavy (non-hydrogen) atoms. The summed E-state index contributed by atoms with van der Waals surface area (Å²) in [6, 6.07) is 7.09. The van der Waals surface area contributed by atoms with Gasteiger partial charge in [0.15, 0.2) is 0 Å². The highest BCUT2D eigenvalue weighted by molar-refractivity contribution is 6.31. The highest BCUT2D eigenvalue weighted by Crippen LogP contribution is 2.21. The number of benzene rings is 1. The summed E-state index contributed by atoms with van der Waals surface area (Å²) >= 11 is 6.06. The van der Waals surface area contributed by atoms with Gasteiger partial charge in [-0.1, -0.05) is 23.7 Å². The van der Waals surface area contributed by atoms with Crippen LogP contribution in [0.3, 0.4) is 0 Å². The summed E-state index contributed by atoms with van der Waals surface area (Å²) in [6.07, 6.45) is 3.13. The van der Waals surface area contributed by atoms with Crippen molar-refractivity contribution in [3.63, 3.8) is 0 Å². The molecule has 5 nitrogen and oxygen atoms in total. The standard InChI is InChI=1S/C15H15ClN4O/c1-3-7-17-14(21)13-6-8-18-15(20-13)19-11-5-4-10(2)12(16)9-11/h3-6,8-9H,1,7H2,2H3,(H,17,21)(H,18,19,20). The number of amides is 1. The van der Waals surface area contributed by atoms with Crippen molar-refractivity contribution in [2.24, 2.45) is 0 Å². The first-order valence-electron chi connectivity index (χ1n) is 6.35. The van der Waals surface area contributed by atoms with Crippen LogP contribution in [0.15, 0.2) is 43.1 Å². The molecule has 0 saturated carbocycles. The lowest BCUT2D eigenvalue weighted by Gasteiger charge is -2.07. The van der Waals surface area contributed by atoms with Gasteiger partial charge in [-0.05, 0) is 30.7 Å². The fraction of sp³-hybridized carbons (Fsp3) is 0.133. The lowest BCUT2D eigenvalue weighted by molar-refractivity contribution is 0.0953. The van der Waals surface area contributed by atoms with Crippen LogP contribution >= 0.6 is 11.6 Å². The number of halogens is 1. The van der Waals surface area contributed by atoms with E-state index in [0.717, 1.165) is 11.3 Å². The summed E-state index contributed by atoms with van der Waals surface area (Å²) in [6.45, 7) is 5.85. The molecule has 0 atom stereocenters. The van der Waals surface area contributed by atoms with Gasteiger partial charge in [-0.3, -0.25) is 4.79 Å². The van der Waals surface area contributed by atoms with Gasteiger partial charge >= 0.3 is 0 Å². The fourth-order valence-corrected chi connectivity index (χ4v) is 1.78. The second-order valence-corrected chi connectivity index (χ2v) is 4.76. The largest absolute Gasteiger partial charge is 0.347 e. The van der Waals surface area contributed by atoms with E-state index in [1.165, 1.54) is 6.20 Å². The molecule has 0 aliphatic carbocycles. The van der Waals surface area contributed by atoms with E-state index in [-0.39, 0.29) is 11.6 Å². The average molecular weight is 303 g/mol. The van der Waals surface area contributed by atoms with Crippen LogP contribution in [0, 0.1) is 6.92 Å². The van der Waals surface area contributed by atoms with E-state index < -0.39 is 0 Å². The van der Waals surface area contributed by atoms with E-state index in [9.17, 15) is 4.79 Å². The van der Waals surface area contributed by atoms with E-state index in [1.807, 2.05) is 19.1 Å². The highest BCUT2D eigenvalue weighted by Gasteiger charge is 2.08. The molecule has 1 aromatic heterocycles. The predicted octanol–water partition coefficient (Wildman–Crippen LogP) is 3.10. The van der Waals surface area contributed by atoms with Crippen molar-refractivity contribution in [1.29, 1.82) is 0 Å². The average Bonchev–Trinajstić information content (AvgIpc) is 2.49. The van der Waals surface area contributed by atoms with E-state index in [2.05, 4.69) is 27.2 Å². The van der Waals surface area contributed by atoms with Crippen LogP contribution in [0.2, 0.25) is 5.02 Å². The molecule has 2 rings (SSSR count). The topological polar surface area (TPSA) is 66.9 Å². The smallest absolute Gasteiger partial charge is 0.270 e. The second-order valence-electron chi connectivity index (χ2n) is 4.35. The van der Waals surface area contributed by atoms with Gasteiger partial charge in [0.2, 0.25) is 5.95 Å². The Morgan fingerprint density at radius 3 is 2.95 bits per heavy atom. The number of rotatable bonds is 5. The maximum Gasteiger partial charge on any atom is 0.270 e. The SMILES string of the molecule is C=CCNC(=O)c1ccnc(Nc2ccc(C)c(Cl)c2)n1. The minimum atomic E-state index is -0.276. The maximum atomic E-state index is 11.8. The van der Waals surface area contributed by atoms with Crippen LogP contribution in [0.4, 0.5) is 11.6 Å². The van der Waals surface area contributed by atoms with Crippen molar-refractivity contribution in [2.45, 2.75) is 6.92 Å². The zero-order chi connectivity index (χ0) is 15.2. The van der Waals surface area contributed by atoms with E-state index in [1.54, 1.807) is 18.2 Å². The molecular weight excluding hydrogens is 288 g/mol. The summed E-state index contributed by atoms with van der Waals surface area (Å²) in [7, 11) is 0.